The van der Waals surface area contributed by atoms with Gasteiger partial charge in [-0.05, 0) is 68.5 Å². The van der Waals surface area contributed by atoms with E-state index in [4.69, 9.17) is 24.7 Å². The number of hydrogen-bond donors (Lipinski definition) is 2. The molecular formula is C29H43N3O4. The van der Waals surface area contributed by atoms with E-state index in [2.05, 4.69) is 54.4 Å². The molecule has 2 aliphatic rings. The summed E-state index contributed by atoms with van der Waals surface area (Å²) in [6, 6.07) is 15.2. The van der Waals surface area contributed by atoms with Gasteiger partial charge in [0.2, 0.25) is 0 Å². The molecule has 0 radical (unpaired) electrons. The Morgan fingerprint density at radius 1 is 1.14 bits per heavy atom. The van der Waals surface area contributed by atoms with E-state index < -0.39 is 0 Å². The van der Waals surface area contributed by atoms with Crippen LogP contribution >= 0.6 is 0 Å². The van der Waals surface area contributed by atoms with Gasteiger partial charge in [0, 0.05) is 44.3 Å². The largest absolute Gasteiger partial charge is 0.497 e. The molecule has 3 N–H and O–H groups in total. The molecule has 0 bridgehead atoms. The van der Waals surface area contributed by atoms with Crippen LogP contribution in [0.5, 0.6) is 11.5 Å². The van der Waals surface area contributed by atoms with Crippen molar-refractivity contribution in [1.29, 1.82) is 0 Å². The van der Waals surface area contributed by atoms with E-state index in [1.165, 1.54) is 5.56 Å². The molecule has 0 aromatic heterocycles. The SMILES string of the molecule is COCCCN1CCOc2ccc(CO[C@H]3CN[C@H](CC(C)(C)N)CC3c3ccc(OC)cc3)cc21. The summed E-state index contributed by atoms with van der Waals surface area (Å²) in [6.45, 7) is 8.88. The number of nitrogens with two attached hydrogens (primary N) is 1. The molecule has 3 atom stereocenters. The third kappa shape index (κ3) is 7.13. The van der Waals surface area contributed by atoms with Crippen LogP contribution in [-0.4, -0.2) is 64.8 Å². The van der Waals surface area contributed by atoms with Crippen molar-refractivity contribution >= 4 is 5.69 Å². The minimum Gasteiger partial charge on any atom is -0.497 e. The molecule has 36 heavy (non-hydrogen) atoms. The molecule has 0 saturated carbocycles. The number of ether oxygens (including phenoxy) is 4. The second kappa shape index (κ2) is 12.3. The van der Waals surface area contributed by atoms with Crippen LogP contribution in [0.4, 0.5) is 5.69 Å². The lowest BCUT2D eigenvalue weighted by Gasteiger charge is -2.39. The maximum Gasteiger partial charge on any atom is 0.142 e. The normalized spacial score (nSPS) is 22.1. The summed E-state index contributed by atoms with van der Waals surface area (Å²) < 4.78 is 23.1. The minimum atomic E-state index is -0.212. The van der Waals surface area contributed by atoms with Gasteiger partial charge in [-0.1, -0.05) is 18.2 Å². The third-order valence-electron chi connectivity index (χ3n) is 7.13. The smallest absolute Gasteiger partial charge is 0.142 e. The molecule has 4 rings (SSSR count). The summed E-state index contributed by atoms with van der Waals surface area (Å²) in [4.78, 5) is 2.39. The van der Waals surface area contributed by atoms with Gasteiger partial charge in [0.25, 0.3) is 0 Å². The average molecular weight is 498 g/mol. The van der Waals surface area contributed by atoms with Crippen molar-refractivity contribution in [2.24, 2.45) is 5.73 Å². The minimum absolute atomic E-state index is 0.0700. The first kappa shape index (κ1) is 26.7. The predicted molar refractivity (Wildman–Crippen MR) is 144 cm³/mol. The standard InChI is InChI=1S/C29H43N3O4/c1-29(2,30)18-23-17-25(22-7-9-24(34-4)10-8-22)28(19-31-23)36-20-21-6-11-27-26(16-21)32(13-15-35-27)12-5-14-33-3/h6-11,16,23,25,28,31H,5,12-15,17-20,30H2,1-4H3/t23-,25?,28-/m0/s1. The Balaban J connectivity index is 1.46. The highest BCUT2D eigenvalue weighted by Crippen LogP contribution is 2.35. The zero-order valence-electron chi connectivity index (χ0n) is 22.3. The fourth-order valence-corrected chi connectivity index (χ4v) is 5.38. The quantitative estimate of drug-likeness (QED) is 0.453. The number of anilines is 1. The lowest BCUT2D eigenvalue weighted by atomic mass is 9.80. The molecule has 2 aliphatic heterocycles. The van der Waals surface area contributed by atoms with Gasteiger partial charge in [-0.15, -0.1) is 0 Å². The number of benzene rings is 2. The molecule has 2 heterocycles. The Morgan fingerprint density at radius 3 is 2.67 bits per heavy atom. The van der Waals surface area contributed by atoms with Crippen molar-refractivity contribution in [3.63, 3.8) is 0 Å². The van der Waals surface area contributed by atoms with Crippen molar-refractivity contribution in [3.8, 4) is 11.5 Å². The maximum atomic E-state index is 6.59. The van der Waals surface area contributed by atoms with E-state index in [1.54, 1.807) is 14.2 Å². The van der Waals surface area contributed by atoms with E-state index in [1.807, 2.05) is 12.1 Å². The Morgan fingerprint density at radius 2 is 1.94 bits per heavy atom. The first-order valence-corrected chi connectivity index (χ1v) is 13.1. The summed E-state index contributed by atoms with van der Waals surface area (Å²) in [5, 5.41) is 3.70. The van der Waals surface area contributed by atoms with Crippen LogP contribution in [0.1, 0.15) is 50.2 Å². The van der Waals surface area contributed by atoms with Gasteiger partial charge in [0.15, 0.2) is 0 Å². The fraction of sp³-hybridized carbons (Fsp3) is 0.586. The van der Waals surface area contributed by atoms with E-state index >= 15 is 0 Å². The summed E-state index contributed by atoms with van der Waals surface area (Å²) in [6.07, 6.45) is 2.98. The predicted octanol–water partition coefficient (Wildman–Crippen LogP) is 4.09. The second-order valence-corrected chi connectivity index (χ2v) is 10.7. The Bertz CT molecular complexity index is 960. The number of rotatable bonds is 11. The number of methoxy groups -OCH3 is 2. The van der Waals surface area contributed by atoms with Crippen LogP contribution in [0.25, 0.3) is 0 Å². The molecular weight excluding hydrogens is 454 g/mol. The molecule has 1 unspecified atom stereocenters. The molecule has 0 aliphatic carbocycles. The topological polar surface area (TPSA) is 78.2 Å². The van der Waals surface area contributed by atoms with Crippen molar-refractivity contribution < 1.29 is 18.9 Å². The third-order valence-corrected chi connectivity index (χ3v) is 7.13. The van der Waals surface area contributed by atoms with Crippen molar-refractivity contribution in [3.05, 3.63) is 53.6 Å². The van der Waals surface area contributed by atoms with E-state index in [-0.39, 0.29) is 17.6 Å². The van der Waals surface area contributed by atoms with Crippen LogP contribution < -0.4 is 25.4 Å². The van der Waals surface area contributed by atoms with Gasteiger partial charge in [0.05, 0.1) is 32.1 Å². The van der Waals surface area contributed by atoms with Gasteiger partial charge < -0.3 is 34.9 Å². The lowest BCUT2D eigenvalue weighted by molar-refractivity contribution is 0.000966. The van der Waals surface area contributed by atoms with Gasteiger partial charge >= 0.3 is 0 Å². The van der Waals surface area contributed by atoms with Gasteiger partial charge in [0.1, 0.15) is 18.1 Å². The number of nitrogens with zero attached hydrogens (tertiary/aromatic N) is 1. The summed E-state index contributed by atoms with van der Waals surface area (Å²) in [7, 11) is 3.45. The first-order chi connectivity index (χ1) is 17.4. The first-order valence-electron chi connectivity index (χ1n) is 13.1. The highest BCUT2D eigenvalue weighted by Gasteiger charge is 2.34. The van der Waals surface area contributed by atoms with Gasteiger partial charge in [-0.25, -0.2) is 0 Å². The second-order valence-electron chi connectivity index (χ2n) is 10.7. The van der Waals surface area contributed by atoms with E-state index in [0.29, 0.717) is 19.3 Å². The average Bonchev–Trinajstić information content (AvgIpc) is 2.87. The summed E-state index contributed by atoms with van der Waals surface area (Å²) in [5.74, 6) is 2.11. The Labute approximate surface area is 216 Å². The molecule has 198 valence electrons. The fourth-order valence-electron chi connectivity index (χ4n) is 5.38. The van der Waals surface area contributed by atoms with Crippen LogP contribution in [-0.2, 0) is 16.1 Å². The number of nitrogens with one attached hydrogen (secondary N) is 1. The van der Waals surface area contributed by atoms with Crippen molar-refractivity contribution in [2.75, 3.05) is 52.0 Å². The zero-order valence-corrected chi connectivity index (χ0v) is 22.3. The van der Waals surface area contributed by atoms with Crippen molar-refractivity contribution in [2.45, 2.75) is 63.3 Å². The van der Waals surface area contributed by atoms with Crippen LogP contribution in [0.2, 0.25) is 0 Å². The molecule has 1 fully saturated rings. The van der Waals surface area contributed by atoms with Crippen LogP contribution in [0.15, 0.2) is 42.5 Å². The Kier molecular flexibility index (Phi) is 9.12. The molecule has 0 amide bonds. The van der Waals surface area contributed by atoms with E-state index in [0.717, 1.165) is 68.3 Å². The number of fused-ring (bicyclic) bond motifs is 1. The number of hydrogen-bond acceptors (Lipinski definition) is 7. The maximum absolute atomic E-state index is 6.59. The highest BCUT2D eigenvalue weighted by molar-refractivity contribution is 5.61. The molecule has 7 heteroatoms. The van der Waals surface area contributed by atoms with Crippen molar-refractivity contribution in [1.82, 2.24) is 5.32 Å². The molecule has 7 nitrogen and oxygen atoms in total. The van der Waals surface area contributed by atoms with Gasteiger partial charge in [-0.2, -0.15) is 0 Å². The number of piperidine rings is 1. The molecule has 0 spiro atoms. The highest BCUT2D eigenvalue weighted by atomic mass is 16.5. The summed E-state index contributed by atoms with van der Waals surface area (Å²) in [5.41, 5.74) is 9.74. The van der Waals surface area contributed by atoms with Crippen LogP contribution in [0.3, 0.4) is 0 Å². The monoisotopic (exact) mass is 497 g/mol. The van der Waals surface area contributed by atoms with Crippen LogP contribution in [0, 0.1) is 0 Å². The Hall–Kier alpha value is -2.32. The summed E-state index contributed by atoms with van der Waals surface area (Å²) >= 11 is 0. The molecule has 1 saturated heterocycles. The molecule has 2 aromatic rings. The van der Waals surface area contributed by atoms with Gasteiger partial charge in [-0.3, -0.25) is 0 Å². The zero-order chi connectivity index (χ0) is 25.5. The molecule has 2 aromatic carbocycles. The van der Waals surface area contributed by atoms with E-state index in [9.17, 15) is 0 Å². The lowest BCUT2D eigenvalue weighted by Crippen LogP contribution is -2.50.